The number of ether oxygens (including phenoxy) is 1. The summed E-state index contributed by atoms with van der Waals surface area (Å²) < 4.78 is 5.45. The van der Waals surface area contributed by atoms with E-state index in [9.17, 15) is 9.59 Å². The molecule has 26 heavy (non-hydrogen) atoms. The molecule has 0 aliphatic carbocycles. The highest BCUT2D eigenvalue weighted by Crippen LogP contribution is 2.23. The maximum absolute atomic E-state index is 12.0. The van der Waals surface area contributed by atoms with Crippen LogP contribution in [0.25, 0.3) is 0 Å². The first-order chi connectivity index (χ1) is 12.5. The van der Waals surface area contributed by atoms with Crippen LogP contribution in [0.3, 0.4) is 0 Å². The molecule has 0 aliphatic rings. The number of nitrogens with zero attached hydrogens (tertiary/aromatic N) is 1. The fourth-order valence-corrected chi connectivity index (χ4v) is 2.69. The van der Waals surface area contributed by atoms with Gasteiger partial charge in [-0.1, -0.05) is 12.1 Å². The van der Waals surface area contributed by atoms with E-state index in [4.69, 9.17) is 4.74 Å². The van der Waals surface area contributed by atoms with Gasteiger partial charge < -0.3 is 15.4 Å². The number of para-hydroxylation sites is 2. The van der Waals surface area contributed by atoms with Crippen molar-refractivity contribution in [3.05, 3.63) is 41.2 Å². The highest BCUT2D eigenvalue weighted by atomic mass is 16.5. The minimum Gasteiger partial charge on any atom is -0.492 e. The number of nitrogens with one attached hydrogen (secondary N) is 3. The third kappa shape index (κ3) is 5.61. The molecule has 1 aromatic heterocycles. The van der Waals surface area contributed by atoms with Crippen LogP contribution in [-0.2, 0) is 16.0 Å². The van der Waals surface area contributed by atoms with Crippen molar-refractivity contribution in [2.75, 3.05) is 18.5 Å². The van der Waals surface area contributed by atoms with Crippen molar-refractivity contribution in [2.45, 2.75) is 40.0 Å². The highest BCUT2D eigenvalue weighted by molar-refractivity contribution is 6.04. The van der Waals surface area contributed by atoms with E-state index in [1.807, 2.05) is 26.8 Å². The monoisotopic (exact) mass is 358 g/mol. The summed E-state index contributed by atoms with van der Waals surface area (Å²) >= 11 is 0. The number of H-pyrrole nitrogens is 1. The molecule has 3 N–H and O–H groups in total. The van der Waals surface area contributed by atoms with Crippen LogP contribution in [-0.4, -0.2) is 35.2 Å². The average molecular weight is 358 g/mol. The molecule has 0 radical (unpaired) electrons. The molecule has 7 nitrogen and oxygen atoms in total. The lowest BCUT2D eigenvalue weighted by Gasteiger charge is -2.11. The Hall–Kier alpha value is -2.83. The Morgan fingerprint density at radius 2 is 1.96 bits per heavy atom. The first-order valence-corrected chi connectivity index (χ1v) is 8.80. The van der Waals surface area contributed by atoms with Gasteiger partial charge in [-0.25, -0.2) is 0 Å². The molecule has 0 saturated heterocycles. The number of rotatable bonds is 9. The smallest absolute Gasteiger partial charge is 0.233 e. The van der Waals surface area contributed by atoms with E-state index in [2.05, 4.69) is 20.8 Å². The summed E-state index contributed by atoms with van der Waals surface area (Å²) in [6, 6.07) is 7.16. The summed E-state index contributed by atoms with van der Waals surface area (Å²) in [4.78, 5) is 24.0. The largest absolute Gasteiger partial charge is 0.492 e. The topological polar surface area (TPSA) is 96.1 Å². The molecule has 1 heterocycles. The zero-order valence-corrected chi connectivity index (χ0v) is 15.5. The Morgan fingerprint density at radius 3 is 2.65 bits per heavy atom. The van der Waals surface area contributed by atoms with Crippen LogP contribution in [0.2, 0.25) is 0 Å². The second-order valence-corrected chi connectivity index (χ2v) is 6.02. The number of hydrogen-bond donors (Lipinski definition) is 3. The zero-order chi connectivity index (χ0) is 18.9. The first-order valence-electron chi connectivity index (χ1n) is 8.80. The van der Waals surface area contributed by atoms with Crippen molar-refractivity contribution in [3.63, 3.8) is 0 Å². The van der Waals surface area contributed by atoms with Crippen LogP contribution in [0.4, 0.5) is 5.69 Å². The fraction of sp³-hybridized carbons (Fsp3) is 0.421. The molecule has 0 spiro atoms. The van der Waals surface area contributed by atoms with E-state index in [-0.39, 0.29) is 18.2 Å². The Bertz CT molecular complexity index is 735. The third-order valence-corrected chi connectivity index (χ3v) is 3.99. The number of aromatic nitrogens is 2. The molecule has 0 saturated carbocycles. The number of aromatic amines is 1. The van der Waals surface area contributed by atoms with Gasteiger partial charge in [0, 0.05) is 12.2 Å². The second-order valence-electron chi connectivity index (χ2n) is 6.02. The van der Waals surface area contributed by atoms with Crippen molar-refractivity contribution in [2.24, 2.45) is 0 Å². The number of carbonyl (C=O) groups excluding carboxylic acids is 2. The van der Waals surface area contributed by atoms with Gasteiger partial charge in [-0.3, -0.25) is 14.7 Å². The molecule has 7 heteroatoms. The van der Waals surface area contributed by atoms with E-state index < -0.39 is 0 Å². The lowest BCUT2D eigenvalue weighted by Crippen LogP contribution is -2.29. The van der Waals surface area contributed by atoms with E-state index in [1.54, 1.807) is 18.2 Å². The summed E-state index contributed by atoms with van der Waals surface area (Å²) in [6.45, 7) is 6.84. The van der Waals surface area contributed by atoms with E-state index >= 15 is 0 Å². The number of benzene rings is 1. The summed E-state index contributed by atoms with van der Waals surface area (Å²) in [5.41, 5.74) is 3.80. The van der Waals surface area contributed by atoms with Crippen LogP contribution < -0.4 is 15.4 Å². The maximum atomic E-state index is 12.0. The van der Waals surface area contributed by atoms with Crippen molar-refractivity contribution in [1.82, 2.24) is 15.5 Å². The predicted octanol–water partition coefficient (Wildman–Crippen LogP) is 2.50. The highest BCUT2D eigenvalue weighted by Gasteiger charge is 2.12. The van der Waals surface area contributed by atoms with E-state index in [0.29, 0.717) is 24.6 Å². The van der Waals surface area contributed by atoms with Gasteiger partial charge in [-0.15, -0.1) is 0 Å². The summed E-state index contributed by atoms with van der Waals surface area (Å²) in [5, 5.41) is 12.6. The molecule has 2 amide bonds. The van der Waals surface area contributed by atoms with Gasteiger partial charge in [0.1, 0.15) is 12.2 Å². The van der Waals surface area contributed by atoms with Gasteiger partial charge in [0.25, 0.3) is 0 Å². The summed E-state index contributed by atoms with van der Waals surface area (Å²) in [5.74, 6) is -0.0668. The molecule has 1 aromatic carbocycles. The predicted molar refractivity (Wildman–Crippen MR) is 100 cm³/mol. The number of aryl methyl sites for hydroxylation is 2. The van der Waals surface area contributed by atoms with Gasteiger partial charge in [0.2, 0.25) is 11.8 Å². The first kappa shape index (κ1) is 19.5. The number of carbonyl (C=O) groups is 2. The van der Waals surface area contributed by atoms with Crippen LogP contribution in [0.15, 0.2) is 24.3 Å². The van der Waals surface area contributed by atoms with Gasteiger partial charge >= 0.3 is 0 Å². The minimum atomic E-state index is -0.365. The SMILES string of the molecule is CCOc1ccccc1NC(=O)CC(=O)NCCCc1c(C)n[nH]c1C. The molecule has 0 aliphatic heterocycles. The van der Waals surface area contributed by atoms with Gasteiger partial charge in [0.15, 0.2) is 0 Å². The normalized spacial score (nSPS) is 10.4. The molecule has 0 atom stereocenters. The standard InChI is InChI=1S/C19H26N4O3/c1-4-26-17-10-6-5-9-16(17)21-19(25)12-18(24)20-11-7-8-15-13(2)22-23-14(15)3/h5-6,9-10H,4,7-8,11-12H2,1-3H3,(H,20,24)(H,21,25)(H,22,23). The minimum absolute atomic E-state index is 0.218. The van der Waals surface area contributed by atoms with Crippen LogP contribution in [0, 0.1) is 13.8 Å². The Labute approximate surface area is 153 Å². The Morgan fingerprint density at radius 1 is 1.19 bits per heavy atom. The lowest BCUT2D eigenvalue weighted by molar-refractivity contribution is -0.126. The Kier molecular flexibility index (Phi) is 7.20. The number of anilines is 1. The lowest BCUT2D eigenvalue weighted by atomic mass is 10.1. The second kappa shape index (κ2) is 9.60. The van der Waals surface area contributed by atoms with Crippen molar-refractivity contribution in [1.29, 1.82) is 0 Å². The molecule has 0 unspecified atom stereocenters. The summed E-state index contributed by atoms with van der Waals surface area (Å²) in [6.07, 6.45) is 1.41. The molecular weight excluding hydrogens is 332 g/mol. The van der Waals surface area contributed by atoms with Crippen LogP contribution in [0.5, 0.6) is 5.75 Å². The van der Waals surface area contributed by atoms with E-state index in [1.165, 1.54) is 5.56 Å². The van der Waals surface area contributed by atoms with Crippen molar-refractivity contribution < 1.29 is 14.3 Å². The van der Waals surface area contributed by atoms with Crippen LogP contribution in [0.1, 0.15) is 36.7 Å². The summed E-state index contributed by atoms with van der Waals surface area (Å²) in [7, 11) is 0. The molecular formula is C19H26N4O3. The van der Waals surface area contributed by atoms with Crippen molar-refractivity contribution >= 4 is 17.5 Å². The fourth-order valence-electron chi connectivity index (χ4n) is 2.69. The molecule has 0 bridgehead atoms. The number of hydrogen-bond acceptors (Lipinski definition) is 4. The van der Waals surface area contributed by atoms with Gasteiger partial charge in [-0.2, -0.15) is 5.10 Å². The van der Waals surface area contributed by atoms with Gasteiger partial charge in [0.05, 0.1) is 18.0 Å². The third-order valence-electron chi connectivity index (χ3n) is 3.99. The zero-order valence-electron chi connectivity index (χ0n) is 15.5. The molecule has 0 fully saturated rings. The quantitative estimate of drug-likeness (QED) is 0.474. The molecule has 140 valence electrons. The maximum Gasteiger partial charge on any atom is 0.233 e. The molecule has 2 aromatic rings. The number of amides is 2. The van der Waals surface area contributed by atoms with Crippen LogP contribution >= 0.6 is 0 Å². The average Bonchev–Trinajstić information content (AvgIpc) is 2.92. The van der Waals surface area contributed by atoms with Gasteiger partial charge in [-0.05, 0) is 51.3 Å². The molecule has 2 rings (SSSR count). The van der Waals surface area contributed by atoms with E-state index in [0.717, 1.165) is 24.2 Å². The Balaban J connectivity index is 1.73. The van der Waals surface area contributed by atoms with Crippen molar-refractivity contribution in [3.8, 4) is 5.75 Å².